The fraction of sp³-hybridized carbons (Fsp3) is 0.103. The summed E-state index contributed by atoms with van der Waals surface area (Å²) in [4.78, 5) is 0. The molecule has 2 heterocycles. The molecule has 0 fully saturated rings. The van der Waals surface area contributed by atoms with Gasteiger partial charge in [-0.3, -0.25) is 0 Å². The Hall–Kier alpha value is -3.52. The van der Waals surface area contributed by atoms with Crippen LogP contribution in [0.2, 0.25) is 0 Å². The molecule has 146 valence electrons. The van der Waals surface area contributed by atoms with Gasteiger partial charge in [-0.25, -0.2) is 0 Å². The highest BCUT2D eigenvalue weighted by Gasteiger charge is 2.52. The van der Waals surface area contributed by atoms with E-state index in [9.17, 15) is 0 Å². The van der Waals surface area contributed by atoms with Gasteiger partial charge in [0.1, 0.15) is 11.5 Å². The standard InChI is InChI=1S/C29H21BO/c1-29(2)22-13-7-6-12-20(22)26-21-16-19(18-10-4-3-5-11-18)17-25-27(21)30(28(26)29)23-14-8-9-15-24(23)31-25/h3-17H,1-2H3/i3D,4D,5D,8D,9D,10D,11D,14D,15D. The van der Waals surface area contributed by atoms with Crippen molar-refractivity contribution < 1.29 is 17.1 Å². The fourth-order valence-electron chi connectivity index (χ4n) is 5.54. The first-order valence-electron chi connectivity index (χ1n) is 14.8. The van der Waals surface area contributed by atoms with Crippen molar-refractivity contribution in [1.82, 2.24) is 0 Å². The third-order valence-corrected chi connectivity index (χ3v) is 6.77. The zero-order valence-electron chi connectivity index (χ0n) is 25.9. The van der Waals surface area contributed by atoms with E-state index in [1.165, 1.54) is 0 Å². The summed E-state index contributed by atoms with van der Waals surface area (Å²) in [7, 11) is 0. The lowest BCUT2D eigenvalue weighted by molar-refractivity contribution is 0.487. The molecule has 0 N–H and O–H groups in total. The third kappa shape index (κ3) is 2.12. The summed E-state index contributed by atoms with van der Waals surface area (Å²) in [6.45, 7) is 3.72. The van der Waals surface area contributed by atoms with Crippen LogP contribution in [0.4, 0.5) is 0 Å². The van der Waals surface area contributed by atoms with Gasteiger partial charge in [0.15, 0.2) is 0 Å². The molecule has 0 unspecified atom stereocenters. The number of benzene rings is 4. The van der Waals surface area contributed by atoms with Crippen LogP contribution in [-0.4, -0.2) is 6.71 Å². The van der Waals surface area contributed by atoms with Gasteiger partial charge in [-0.15, -0.1) is 0 Å². The van der Waals surface area contributed by atoms with Crippen molar-refractivity contribution >= 4 is 23.2 Å². The monoisotopic (exact) mass is 405 g/mol. The topological polar surface area (TPSA) is 9.23 Å². The average Bonchev–Trinajstić information content (AvgIpc) is 3.40. The van der Waals surface area contributed by atoms with Crippen LogP contribution in [0.1, 0.15) is 42.9 Å². The van der Waals surface area contributed by atoms with Crippen LogP contribution >= 0.6 is 0 Å². The van der Waals surface area contributed by atoms with E-state index in [1.54, 1.807) is 6.07 Å². The minimum absolute atomic E-state index is 0.0468. The number of rotatable bonds is 1. The van der Waals surface area contributed by atoms with Gasteiger partial charge in [-0.05, 0) is 62.5 Å². The first-order chi connectivity index (χ1) is 18.9. The summed E-state index contributed by atoms with van der Waals surface area (Å²) in [5.74, 6) is 0.401. The van der Waals surface area contributed by atoms with Crippen LogP contribution < -0.4 is 15.7 Å². The van der Waals surface area contributed by atoms with Crippen molar-refractivity contribution in [2.24, 2.45) is 0 Å². The molecule has 7 rings (SSSR count). The van der Waals surface area contributed by atoms with Gasteiger partial charge in [0.2, 0.25) is 6.71 Å². The van der Waals surface area contributed by atoms with Gasteiger partial charge in [-0.2, -0.15) is 0 Å². The van der Waals surface area contributed by atoms with Gasteiger partial charge in [0, 0.05) is 5.41 Å². The van der Waals surface area contributed by atoms with E-state index < -0.39 is 36.3 Å². The Labute approximate surface area is 195 Å². The first kappa shape index (κ1) is 10.7. The molecule has 2 heteroatoms. The second-order valence-electron chi connectivity index (χ2n) is 8.67. The normalized spacial score (nSPS) is 20.5. The van der Waals surface area contributed by atoms with Gasteiger partial charge >= 0.3 is 0 Å². The van der Waals surface area contributed by atoms with Crippen molar-refractivity contribution in [1.29, 1.82) is 0 Å². The maximum absolute atomic E-state index is 8.85. The van der Waals surface area contributed by atoms with Crippen LogP contribution in [-0.2, 0) is 5.41 Å². The molecule has 0 saturated carbocycles. The zero-order chi connectivity index (χ0) is 28.6. The zero-order valence-corrected chi connectivity index (χ0v) is 16.9. The SMILES string of the molecule is [2H]c1c([2H])c([2H])c(-c2cc3c4c(c2)C2=C(B4c4c([2H])c([2H])c([2H])c([2H])c4O3)C(C)(C)c3ccccc32)c([2H])c1[2H]. The lowest BCUT2D eigenvalue weighted by Crippen LogP contribution is -2.49. The maximum Gasteiger partial charge on any atom is 0.249 e. The highest BCUT2D eigenvalue weighted by atomic mass is 16.5. The Kier molecular flexibility index (Phi) is 2.00. The van der Waals surface area contributed by atoms with Gasteiger partial charge < -0.3 is 4.74 Å². The highest BCUT2D eigenvalue weighted by molar-refractivity contribution is 6.95. The minimum Gasteiger partial charge on any atom is -0.458 e. The summed E-state index contributed by atoms with van der Waals surface area (Å²) in [6, 6.07) is 8.35. The Bertz CT molecular complexity index is 1880. The molecule has 2 aliphatic heterocycles. The quantitative estimate of drug-likeness (QED) is 0.369. The molecule has 0 spiro atoms. The summed E-state index contributed by atoms with van der Waals surface area (Å²) < 4.78 is 82.1. The second-order valence-corrected chi connectivity index (χ2v) is 8.67. The molecule has 0 aromatic heterocycles. The smallest absolute Gasteiger partial charge is 0.249 e. The Balaban J connectivity index is 1.63. The summed E-state index contributed by atoms with van der Waals surface area (Å²) in [5.41, 5.74) is 5.90. The Morgan fingerprint density at radius 2 is 1.58 bits per heavy atom. The molecular weight excluding hydrogens is 375 g/mol. The Morgan fingerprint density at radius 3 is 2.45 bits per heavy atom. The molecule has 3 aliphatic rings. The third-order valence-electron chi connectivity index (χ3n) is 6.77. The number of para-hydroxylation sites is 1. The average molecular weight is 405 g/mol. The molecule has 4 aromatic rings. The minimum atomic E-state index is -0.499. The predicted molar refractivity (Wildman–Crippen MR) is 129 cm³/mol. The molecule has 0 radical (unpaired) electrons. The lowest BCUT2D eigenvalue weighted by Gasteiger charge is -2.32. The highest BCUT2D eigenvalue weighted by Crippen LogP contribution is 2.54. The van der Waals surface area contributed by atoms with Crippen molar-refractivity contribution in [2.45, 2.75) is 19.3 Å². The van der Waals surface area contributed by atoms with E-state index in [0.717, 1.165) is 33.2 Å². The molecule has 0 bridgehead atoms. The van der Waals surface area contributed by atoms with E-state index in [2.05, 4.69) is 19.9 Å². The number of ether oxygens (including phenoxy) is 1. The molecular formula is C29H21BO. The fourth-order valence-corrected chi connectivity index (χ4v) is 5.54. The Morgan fingerprint density at radius 1 is 0.806 bits per heavy atom. The lowest BCUT2D eigenvalue weighted by atomic mass is 9.33. The summed E-state index contributed by atoms with van der Waals surface area (Å²) in [6.07, 6.45) is 0. The van der Waals surface area contributed by atoms with Crippen LogP contribution in [0.25, 0.3) is 16.7 Å². The van der Waals surface area contributed by atoms with Crippen molar-refractivity contribution in [3.8, 4) is 22.6 Å². The summed E-state index contributed by atoms with van der Waals surface area (Å²) >= 11 is 0. The maximum atomic E-state index is 8.85. The molecule has 0 amide bonds. The predicted octanol–water partition coefficient (Wildman–Crippen LogP) is 5.71. The van der Waals surface area contributed by atoms with Gasteiger partial charge in [0.25, 0.3) is 0 Å². The second kappa shape index (κ2) is 5.79. The largest absolute Gasteiger partial charge is 0.458 e. The van der Waals surface area contributed by atoms with Crippen LogP contribution in [0.5, 0.6) is 11.5 Å². The number of hydrogen-bond acceptors (Lipinski definition) is 1. The molecule has 1 nitrogen and oxygen atoms in total. The molecule has 1 aliphatic carbocycles. The number of allylic oxidation sites excluding steroid dienone is 1. The van der Waals surface area contributed by atoms with E-state index in [4.69, 9.17) is 17.1 Å². The van der Waals surface area contributed by atoms with Crippen molar-refractivity contribution in [3.63, 3.8) is 0 Å². The van der Waals surface area contributed by atoms with E-state index >= 15 is 0 Å². The van der Waals surface area contributed by atoms with Crippen LogP contribution in [0.3, 0.4) is 0 Å². The van der Waals surface area contributed by atoms with Crippen molar-refractivity contribution in [3.05, 3.63) is 113 Å². The van der Waals surface area contributed by atoms with Crippen LogP contribution in [0.15, 0.2) is 96.3 Å². The van der Waals surface area contributed by atoms with Gasteiger partial charge in [0.05, 0.1) is 12.3 Å². The first-order valence-corrected chi connectivity index (χ1v) is 10.3. The van der Waals surface area contributed by atoms with E-state index in [1.807, 2.05) is 24.3 Å². The molecule has 31 heavy (non-hydrogen) atoms. The number of hydrogen-bond donors (Lipinski definition) is 0. The van der Waals surface area contributed by atoms with Gasteiger partial charge in [-0.1, -0.05) is 91.9 Å². The van der Waals surface area contributed by atoms with E-state index in [-0.39, 0.29) is 41.5 Å². The van der Waals surface area contributed by atoms with Crippen LogP contribution in [0, 0.1) is 0 Å². The summed E-state index contributed by atoms with van der Waals surface area (Å²) in [5, 5.41) is 0. The van der Waals surface area contributed by atoms with E-state index in [0.29, 0.717) is 16.8 Å². The molecule has 4 aromatic carbocycles. The molecule has 0 saturated heterocycles. The molecule has 0 atom stereocenters. The van der Waals surface area contributed by atoms with Crippen molar-refractivity contribution in [2.75, 3.05) is 0 Å². The number of fused-ring (bicyclic) bond motifs is 6.